The molecule has 0 aromatic carbocycles. The van der Waals surface area contributed by atoms with Crippen molar-refractivity contribution in [3.05, 3.63) is 23.2 Å². The van der Waals surface area contributed by atoms with Crippen LogP contribution in [0.5, 0.6) is 0 Å². The summed E-state index contributed by atoms with van der Waals surface area (Å²) < 4.78 is 0.449. The molecule has 0 radical (unpaired) electrons. The quantitative estimate of drug-likeness (QED) is 0.623. The van der Waals surface area contributed by atoms with Crippen LogP contribution in [0.25, 0.3) is 0 Å². The van der Waals surface area contributed by atoms with Gasteiger partial charge in [-0.3, -0.25) is 14.9 Å². The Bertz CT molecular complexity index is 633. The number of nitrogens with zero attached hydrogens (tertiary/aromatic N) is 4. The predicted octanol–water partition coefficient (Wildman–Crippen LogP) is 1.41. The number of hydrogen-bond acceptors (Lipinski definition) is 8. The number of rotatable bonds is 5. The van der Waals surface area contributed by atoms with Crippen molar-refractivity contribution in [2.24, 2.45) is 0 Å². The Balaban J connectivity index is 1.97. The van der Waals surface area contributed by atoms with Gasteiger partial charge in [0.25, 0.3) is 5.91 Å². The molecule has 0 saturated heterocycles. The highest BCUT2D eigenvalue weighted by Gasteiger charge is 2.12. The van der Waals surface area contributed by atoms with Gasteiger partial charge in [0.2, 0.25) is 5.13 Å². The van der Waals surface area contributed by atoms with Crippen LogP contribution in [0.4, 0.5) is 5.13 Å². The lowest BCUT2D eigenvalue weighted by Crippen LogP contribution is -2.13. The van der Waals surface area contributed by atoms with Crippen molar-refractivity contribution in [1.82, 2.24) is 20.2 Å². The number of aromatic nitrogens is 4. The standard InChI is InChI=1S/C9H6ClN5O3S2/c10-5-2-11-4(1-12-5)7(18)13-8-14-15-9(20-8)19-3-6(16)17/h1-2H,3H2,(H,16,17)(H,13,14,18). The van der Waals surface area contributed by atoms with E-state index in [4.69, 9.17) is 16.7 Å². The molecule has 8 nitrogen and oxygen atoms in total. The van der Waals surface area contributed by atoms with Crippen LogP contribution >= 0.6 is 34.7 Å². The number of thioether (sulfide) groups is 1. The molecule has 104 valence electrons. The van der Waals surface area contributed by atoms with Crippen molar-refractivity contribution in [3.8, 4) is 0 Å². The largest absolute Gasteiger partial charge is 0.481 e. The normalized spacial score (nSPS) is 10.2. The van der Waals surface area contributed by atoms with Gasteiger partial charge in [0.1, 0.15) is 10.8 Å². The number of carbonyl (C=O) groups is 2. The smallest absolute Gasteiger partial charge is 0.313 e. The van der Waals surface area contributed by atoms with Crippen molar-refractivity contribution >= 4 is 51.7 Å². The Morgan fingerprint density at radius 2 is 2.15 bits per heavy atom. The zero-order chi connectivity index (χ0) is 14.5. The maximum atomic E-state index is 11.8. The van der Waals surface area contributed by atoms with Gasteiger partial charge in [-0.15, -0.1) is 10.2 Å². The number of hydrogen-bond donors (Lipinski definition) is 2. The first-order valence-electron chi connectivity index (χ1n) is 5.01. The van der Waals surface area contributed by atoms with E-state index in [0.29, 0.717) is 4.34 Å². The summed E-state index contributed by atoms with van der Waals surface area (Å²) in [6.07, 6.45) is 2.49. The van der Waals surface area contributed by atoms with Gasteiger partial charge in [-0.25, -0.2) is 9.97 Å². The second-order valence-corrected chi connectivity index (χ2v) is 5.82. The molecule has 0 aliphatic heterocycles. The third kappa shape index (κ3) is 4.11. The first-order chi connectivity index (χ1) is 9.54. The van der Waals surface area contributed by atoms with Crippen LogP contribution in [0.3, 0.4) is 0 Å². The Labute approximate surface area is 125 Å². The molecule has 0 atom stereocenters. The van der Waals surface area contributed by atoms with E-state index in [-0.39, 0.29) is 21.7 Å². The van der Waals surface area contributed by atoms with Crippen molar-refractivity contribution in [2.75, 3.05) is 11.1 Å². The van der Waals surface area contributed by atoms with Gasteiger partial charge in [0, 0.05) is 0 Å². The Morgan fingerprint density at radius 1 is 1.35 bits per heavy atom. The summed E-state index contributed by atoms with van der Waals surface area (Å²) in [6.45, 7) is 0. The number of amides is 1. The second kappa shape index (κ2) is 6.59. The minimum Gasteiger partial charge on any atom is -0.481 e. The average molecular weight is 332 g/mol. The van der Waals surface area contributed by atoms with Crippen LogP contribution in [-0.4, -0.2) is 42.9 Å². The van der Waals surface area contributed by atoms with E-state index in [1.54, 1.807) is 0 Å². The van der Waals surface area contributed by atoms with Crippen LogP contribution < -0.4 is 5.32 Å². The summed E-state index contributed by atoms with van der Waals surface area (Å²) in [5, 5.41) is 18.9. The summed E-state index contributed by atoms with van der Waals surface area (Å²) in [4.78, 5) is 29.7. The predicted molar refractivity (Wildman–Crippen MR) is 73.3 cm³/mol. The lowest BCUT2D eigenvalue weighted by atomic mass is 10.4. The van der Waals surface area contributed by atoms with Crippen molar-refractivity contribution in [1.29, 1.82) is 0 Å². The molecule has 0 bridgehead atoms. The number of carbonyl (C=O) groups excluding carboxylic acids is 1. The van der Waals surface area contributed by atoms with E-state index in [9.17, 15) is 9.59 Å². The van der Waals surface area contributed by atoms with Crippen molar-refractivity contribution in [3.63, 3.8) is 0 Å². The Hall–Kier alpha value is -1.78. The number of carboxylic acid groups (broad SMARTS) is 1. The van der Waals surface area contributed by atoms with Crippen molar-refractivity contribution in [2.45, 2.75) is 4.34 Å². The third-order valence-electron chi connectivity index (χ3n) is 1.80. The van der Waals surface area contributed by atoms with Gasteiger partial charge >= 0.3 is 5.97 Å². The number of nitrogens with one attached hydrogen (secondary N) is 1. The summed E-state index contributed by atoms with van der Waals surface area (Å²) in [6, 6.07) is 0. The summed E-state index contributed by atoms with van der Waals surface area (Å²) in [5.74, 6) is -1.57. The van der Waals surface area contributed by atoms with E-state index in [1.807, 2.05) is 0 Å². The minimum absolute atomic E-state index is 0.0874. The monoisotopic (exact) mass is 331 g/mol. The van der Waals surface area contributed by atoms with Gasteiger partial charge in [0.05, 0.1) is 18.1 Å². The number of aliphatic carboxylic acids is 1. The van der Waals surface area contributed by atoms with Crippen LogP contribution in [0.15, 0.2) is 16.7 Å². The molecule has 2 aromatic rings. The fourth-order valence-electron chi connectivity index (χ4n) is 1.03. The molecule has 11 heteroatoms. The summed E-state index contributed by atoms with van der Waals surface area (Å²) >= 11 is 7.66. The van der Waals surface area contributed by atoms with E-state index < -0.39 is 11.9 Å². The van der Waals surface area contributed by atoms with Crippen LogP contribution in [0, 0.1) is 0 Å². The second-order valence-electron chi connectivity index (χ2n) is 3.23. The zero-order valence-corrected chi connectivity index (χ0v) is 12.0. The number of carboxylic acids is 1. The van der Waals surface area contributed by atoms with Gasteiger partial charge in [-0.2, -0.15) is 0 Å². The average Bonchev–Trinajstić information content (AvgIpc) is 2.84. The van der Waals surface area contributed by atoms with E-state index >= 15 is 0 Å². The minimum atomic E-state index is -0.952. The van der Waals surface area contributed by atoms with E-state index in [2.05, 4.69) is 25.5 Å². The van der Waals surface area contributed by atoms with Gasteiger partial charge in [0.15, 0.2) is 4.34 Å². The summed E-state index contributed by atoms with van der Waals surface area (Å²) in [7, 11) is 0. The number of anilines is 1. The Kier molecular flexibility index (Phi) is 4.82. The molecule has 0 fully saturated rings. The lowest BCUT2D eigenvalue weighted by molar-refractivity contribution is -0.133. The van der Waals surface area contributed by atoms with Crippen LogP contribution in [-0.2, 0) is 4.79 Å². The SMILES string of the molecule is O=C(O)CSc1nnc(NC(=O)c2cnc(Cl)cn2)s1. The molecule has 2 aromatic heterocycles. The number of halogens is 1. The maximum Gasteiger partial charge on any atom is 0.313 e. The molecule has 0 unspecified atom stereocenters. The molecule has 2 heterocycles. The first kappa shape index (κ1) is 14.6. The molecular weight excluding hydrogens is 326 g/mol. The molecular formula is C9H6ClN5O3S2. The van der Waals surface area contributed by atoms with Crippen molar-refractivity contribution < 1.29 is 14.7 Å². The fraction of sp³-hybridized carbons (Fsp3) is 0.111. The molecule has 0 aliphatic rings. The molecule has 0 saturated carbocycles. The molecule has 1 amide bonds. The van der Waals surface area contributed by atoms with Crippen LogP contribution in [0.1, 0.15) is 10.5 Å². The molecule has 2 rings (SSSR count). The summed E-state index contributed by atoms with van der Waals surface area (Å²) in [5.41, 5.74) is 0.0874. The lowest BCUT2D eigenvalue weighted by Gasteiger charge is -1.99. The van der Waals surface area contributed by atoms with Crippen LogP contribution in [0.2, 0.25) is 5.15 Å². The van der Waals surface area contributed by atoms with Gasteiger partial charge in [-0.1, -0.05) is 34.7 Å². The highest BCUT2D eigenvalue weighted by atomic mass is 35.5. The van der Waals surface area contributed by atoms with E-state index in [1.165, 1.54) is 12.4 Å². The van der Waals surface area contributed by atoms with E-state index in [0.717, 1.165) is 23.1 Å². The topological polar surface area (TPSA) is 118 Å². The molecule has 0 spiro atoms. The first-order valence-corrected chi connectivity index (χ1v) is 7.19. The highest BCUT2D eigenvalue weighted by Crippen LogP contribution is 2.25. The maximum absolute atomic E-state index is 11.8. The third-order valence-corrected chi connectivity index (χ3v) is 3.95. The zero-order valence-electron chi connectivity index (χ0n) is 9.61. The van der Waals surface area contributed by atoms with Gasteiger partial charge < -0.3 is 5.11 Å². The van der Waals surface area contributed by atoms with Gasteiger partial charge in [-0.05, 0) is 0 Å². The Morgan fingerprint density at radius 3 is 2.80 bits per heavy atom. The molecule has 20 heavy (non-hydrogen) atoms. The molecule has 0 aliphatic carbocycles. The fourth-order valence-corrected chi connectivity index (χ4v) is 2.60. The molecule has 2 N–H and O–H groups in total. The highest BCUT2D eigenvalue weighted by molar-refractivity contribution is 8.01.